The third-order valence-corrected chi connectivity index (χ3v) is 0.676. The summed E-state index contributed by atoms with van der Waals surface area (Å²) in [6, 6.07) is 0. The SMILES string of the molecule is O=C(O)/C=N\OC/C=C/Cl. The molecule has 0 spiro atoms. The highest BCUT2D eigenvalue weighted by Crippen LogP contribution is 1.80. The minimum atomic E-state index is -1.14. The highest BCUT2D eigenvalue weighted by molar-refractivity contribution is 6.25. The number of rotatable bonds is 4. The lowest BCUT2D eigenvalue weighted by Gasteiger charge is -1.87. The second-order valence-electron chi connectivity index (χ2n) is 1.23. The van der Waals surface area contributed by atoms with Crippen LogP contribution in [0, 0.1) is 0 Å². The average Bonchev–Trinajstić information content (AvgIpc) is 1.87. The second-order valence-corrected chi connectivity index (χ2v) is 1.48. The van der Waals surface area contributed by atoms with Crippen LogP contribution in [0.4, 0.5) is 0 Å². The van der Waals surface area contributed by atoms with Gasteiger partial charge in [0.1, 0.15) is 6.61 Å². The number of halogens is 1. The topological polar surface area (TPSA) is 58.9 Å². The fourth-order valence-electron chi connectivity index (χ4n) is 0.205. The molecule has 0 aromatic carbocycles. The molecule has 0 bridgehead atoms. The average molecular weight is 164 g/mol. The van der Waals surface area contributed by atoms with Crippen molar-refractivity contribution in [2.45, 2.75) is 0 Å². The summed E-state index contributed by atoms with van der Waals surface area (Å²) >= 11 is 5.11. The third kappa shape index (κ3) is 6.97. The minimum absolute atomic E-state index is 0.174. The van der Waals surface area contributed by atoms with E-state index in [9.17, 15) is 4.79 Å². The van der Waals surface area contributed by atoms with Crippen LogP contribution >= 0.6 is 11.6 Å². The molecule has 10 heavy (non-hydrogen) atoms. The maximum atomic E-state index is 9.76. The van der Waals surface area contributed by atoms with Crippen LogP contribution in [-0.4, -0.2) is 23.9 Å². The van der Waals surface area contributed by atoms with Gasteiger partial charge in [0.05, 0.1) is 0 Å². The Morgan fingerprint density at radius 3 is 3.00 bits per heavy atom. The Morgan fingerprint density at radius 1 is 1.80 bits per heavy atom. The van der Waals surface area contributed by atoms with Gasteiger partial charge in [-0.3, -0.25) is 0 Å². The Kier molecular flexibility index (Phi) is 5.47. The lowest BCUT2D eigenvalue weighted by atomic mass is 10.7. The summed E-state index contributed by atoms with van der Waals surface area (Å²) in [5.74, 6) is -1.14. The maximum Gasteiger partial charge on any atom is 0.350 e. The van der Waals surface area contributed by atoms with E-state index >= 15 is 0 Å². The van der Waals surface area contributed by atoms with Crippen molar-refractivity contribution in [3.8, 4) is 0 Å². The lowest BCUT2D eigenvalue weighted by Crippen LogP contribution is -1.95. The molecule has 0 radical (unpaired) electrons. The lowest BCUT2D eigenvalue weighted by molar-refractivity contribution is -0.129. The highest BCUT2D eigenvalue weighted by Gasteiger charge is 1.84. The molecule has 0 aliphatic heterocycles. The Labute approximate surface area is 62.7 Å². The van der Waals surface area contributed by atoms with Crippen LogP contribution in [-0.2, 0) is 9.63 Å². The van der Waals surface area contributed by atoms with Crippen LogP contribution < -0.4 is 0 Å². The van der Waals surface area contributed by atoms with Gasteiger partial charge in [0.25, 0.3) is 0 Å². The van der Waals surface area contributed by atoms with E-state index in [1.54, 1.807) is 0 Å². The van der Waals surface area contributed by atoms with E-state index in [4.69, 9.17) is 16.7 Å². The summed E-state index contributed by atoms with van der Waals surface area (Å²) in [5.41, 5.74) is 1.26. The number of oxime groups is 1. The number of carbonyl (C=O) groups is 1. The summed E-state index contributed by atoms with van der Waals surface area (Å²) in [5, 5.41) is 11.1. The summed E-state index contributed by atoms with van der Waals surface area (Å²) in [4.78, 5) is 14.2. The van der Waals surface area contributed by atoms with Gasteiger partial charge in [0.15, 0.2) is 6.21 Å². The van der Waals surface area contributed by atoms with Crippen LogP contribution in [0.1, 0.15) is 0 Å². The van der Waals surface area contributed by atoms with Crippen molar-refractivity contribution in [3.05, 3.63) is 11.6 Å². The molecule has 0 heterocycles. The van der Waals surface area contributed by atoms with Crippen LogP contribution in [0.5, 0.6) is 0 Å². The first kappa shape index (κ1) is 8.97. The molecule has 56 valence electrons. The second kappa shape index (κ2) is 6.10. The van der Waals surface area contributed by atoms with Gasteiger partial charge in [0, 0.05) is 5.54 Å². The van der Waals surface area contributed by atoms with Crippen molar-refractivity contribution in [3.63, 3.8) is 0 Å². The van der Waals surface area contributed by atoms with Gasteiger partial charge in [-0.2, -0.15) is 0 Å². The molecule has 0 aromatic rings. The van der Waals surface area contributed by atoms with Crippen molar-refractivity contribution < 1.29 is 14.7 Å². The van der Waals surface area contributed by atoms with Crippen molar-refractivity contribution >= 4 is 23.8 Å². The van der Waals surface area contributed by atoms with Crippen molar-refractivity contribution in [1.29, 1.82) is 0 Å². The van der Waals surface area contributed by atoms with E-state index in [1.807, 2.05) is 0 Å². The monoisotopic (exact) mass is 163 g/mol. The molecule has 1 N–H and O–H groups in total. The highest BCUT2D eigenvalue weighted by atomic mass is 35.5. The zero-order valence-corrected chi connectivity index (χ0v) is 5.78. The van der Waals surface area contributed by atoms with Crippen molar-refractivity contribution in [2.75, 3.05) is 6.61 Å². The molecule has 0 rings (SSSR count). The molecule has 0 aliphatic carbocycles. The summed E-state index contributed by atoms with van der Waals surface area (Å²) in [6.07, 6.45) is 2.14. The van der Waals surface area contributed by atoms with Gasteiger partial charge < -0.3 is 9.94 Å². The molecule has 0 saturated carbocycles. The van der Waals surface area contributed by atoms with Crippen molar-refractivity contribution in [2.24, 2.45) is 5.16 Å². The van der Waals surface area contributed by atoms with Gasteiger partial charge in [-0.05, 0) is 6.08 Å². The molecule has 0 saturated heterocycles. The number of aliphatic carboxylic acids is 1. The zero-order valence-electron chi connectivity index (χ0n) is 5.03. The van der Waals surface area contributed by atoms with Gasteiger partial charge in [-0.15, -0.1) is 0 Å². The number of nitrogens with zero attached hydrogens (tertiary/aromatic N) is 1. The molecule has 0 amide bonds. The smallest absolute Gasteiger partial charge is 0.350 e. The quantitative estimate of drug-likeness (QED) is 0.379. The van der Waals surface area contributed by atoms with Crippen molar-refractivity contribution in [1.82, 2.24) is 0 Å². The van der Waals surface area contributed by atoms with E-state index in [0.29, 0.717) is 6.21 Å². The molecule has 4 nitrogen and oxygen atoms in total. The predicted molar refractivity (Wildman–Crippen MR) is 37.1 cm³/mol. The van der Waals surface area contributed by atoms with Gasteiger partial charge in [-0.1, -0.05) is 16.8 Å². The molecular weight excluding hydrogens is 158 g/mol. The molecule has 0 aliphatic rings. The number of carboxylic acids is 1. The van der Waals surface area contributed by atoms with Gasteiger partial charge in [-0.25, -0.2) is 4.79 Å². The molecule has 5 heteroatoms. The molecule has 0 unspecified atom stereocenters. The summed E-state index contributed by atoms with van der Waals surface area (Å²) in [7, 11) is 0. The van der Waals surface area contributed by atoms with Gasteiger partial charge >= 0.3 is 5.97 Å². The number of hydrogen-bond donors (Lipinski definition) is 1. The van der Waals surface area contributed by atoms with E-state index in [2.05, 4.69) is 9.99 Å². The molecule has 0 aromatic heterocycles. The van der Waals surface area contributed by atoms with Crippen LogP contribution in [0.25, 0.3) is 0 Å². The van der Waals surface area contributed by atoms with Crippen LogP contribution in [0.15, 0.2) is 16.8 Å². The van der Waals surface area contributed by atoms with Crippen LogP contribution in [0.3, 0.4) is 0 Å². The Balaban J connectivity index is 3.27. The zero-order chi connectivity index (χ0) is 7.82. The normalized spacial score (nSPS) is 10.9. The Hall–Kier alpha value is -1.03. The predicted octanol–water partition coefficient (Wildman–Crippen LogP) is 0.826. The first-order chi connectivity index (χ1) is 4.77. The van der Waals surface area contributed by atoms with E-state index < -0.39 is 5.97 Å². The summed E-state index contributed by atoms with van der Waals surface area (Å²) in [6.45, 7) is 0.174. The fraction of sp³-hybridized carbons (Fsp3) is 0.200. The summed E-state index contributed by atoms with van der Waals surface area (Å²) < 4.78 is 0. The van der Waals surface area contributed by atoms with E-state index in [-0.39, 0.29) is 6.61 Å². The number of carboxylic acid groups (broad SMARTS) is 1. The largest absolute Gasteiger partial charge is 0.477 e. The third-order valence-electron chi connectivity index (χ3n) is 0.498. The first-order valence-electron chi connectivity index (χ1n) is 2.41. The van der Waals surface area contributed by atoms with E-state index in [1.165, 1.54) is 11.6 Å². The molecule has 0 atom stereocenters. The van der Waals surface area contributed by atoms with Gasteiger partial charge in [0.2, 0.25) is 0 Å². The minimum Gasteiger partial charge on any atom is -0.477 e. The van der Waals surface area contributed by atoms with Crippen LogP contribution in [0.2, 0.25) is 0 Å². The first-order valence-corrected chi connectivity index (χ1v) is 2.84. The Morgan fingerprint density at radius 2 is 2.50 bits per heavy atom. The molecular formula is C5H6ClNO3. The maximum absolute atomic E-state index is 9.76. The standard InChI is InChI=1S/C5H6ClNO3/c6-2-1-3-10-7-4-5(8)9/h1-2,4H,3H2,(H,8,9)/b2-1+,7-4-. The van der Waals surface area contributed by atoms with E-state index in [0.717, 1.165) is 0 Å². The Bertz CT molecular complexity index is 155. The molecule has 0 fully saturated rings. The number of hydrogen-bond acceptors (Lipinski definition) is 3. The fourth-order valence-corrected chi connectivity index (χ4v) is 0.278.